The fourth-order valence-corrected chi connectivity index (χ4v) is 2.49. The molecule has 0 amide bonds. The molecule has 1 atom stereocenters. The predicted octanol–water partition coefficient (Wildman–Crippen LogP) is 0.755. The lowest BCUT2D eigenvalue weighted by molar-refractivity contribution is 0.126. The van der Waals surface area contributed by atoms with Crippen molar-refractivity contribution in [2.24, 2.45) is 0 Å². The van der Waals surface area contributed by atoms with E-state index in [4.69, 9.17) is 5.11 Å². The number of hydrogen-bond donors (Lipinski definition) is 2. The van der Waals surface area contributed by atoms with E-state index in [-0.39, 0.29) is 12.0 Å². The summed E-state index contributed by atoms with van der Waals surface area (Å²) in [5.74, 6) is 0. The SMILES string of the molecule is C[C@]1(c2ccn[nH]2)CCCN(CCO)C1. The van der Waals surface area contributed by atoms with Gasteiger partial charge in [0.25, 0.3) is 0 Å². The van der Waals surface area contributed by atoms with Gasteiger partial charge in [-0.3, -0.25) is 5.10 Å². The lowest BCUT2D eigenvalue weighted by Crippen LogP contribution is -2.45. The zero-order valence-corrected chi connectivity index (χ0v) is 9.24. The first-order valence-electron chi connectivity index (χ1n) is 5.58. The smallest absolute Gasteiger partial charge is 0.0558 e. The van der Waals surface area contributed by atoms with Crippen molar-refractivity contribution >= 4 is 0 Å². The average Bonchev–Trinajstić information content (AvgIpc) is 2.71. The Hall–Kier alpha value is -0.870. The molecule has 2 N–H and O–H groups in total. The summed E-state index contributed by atoms with van der Waals surface area (Å²) >= 11 is 0. The zero-order chi connectivity index (χ0) is 10.7. The highest BCUT2D eigenvalue weighted by molar-refractivity contribution is 5.15. The van der Waals surface area contributed by atoms with Gasteiger partial charge in [-0.05, 0) is 25.5 Å². The third-order valence-corrected chi connectivity index (χ3v) is 3.34. The van der Waals surface area contributed by atoms with Crippen LogP contribution >= 0.6 is 0 Å². The number of hydrogen-bond acceptors (Lipinski definition) is 3. The van der Waals surface area contributed by atoms with Crippen molar-refractivity contribution in [3.63, 3.8) is 0 Å². The highest BCUT2D eigenvalue weighted by Gasteiger charge is 2.33. The molecule has 0 bridgehead atoms. The Kier molecular flexibility index (Phi) is 3.07. The monoisotopic (exact) mass is 209 g/mol. The van der Waals surface area contributed by atoms with Gasteiger partial charge in [0.2, 0.25) is 0 Å². The second kappa shape index (κ2) is 4.33. The van der Waals surface area contributed by atoms with E-state index in [9.17, 15) is 0 Å². The summed E-state index contributed by atoms with van der Waals surface area (Å²) < 4.78 is 0. The van der Waals surface area contributed by atoms with Crippen LogP contribution in [0.5, 0.6) is 0 Å². The van der Waals surface area contributed by atoms with Crippen LogP contribution in [0.1, 0.15) is 25.5 Å². The molecule has 1 aliphatic rings. The Morgan fingerprint density at radius 1 is 1.67 bits per heavy atom. The Labute approximate surface area is 90.3 Å². The summed E-state index contributed by atoms with van der Waals surface area (Å²) in [6.07, 6.45) is 4.19. The van der Waals surface area contributed by atoms with Crippen LogP contribution in [-0.2, 0) is 5.41 Å². The molecule has 0 radical (unpaired) electrons. The van der Waals surface area contributed by atoms with Gasteiger partial charge >= 0.3 is 0 Å². The molecule has 0 aliphatic carbocycles. The van der Waals surface area contributed by atoms with E-state index in [2.05, 4.69) is 28.1 Å². The van der Waals surface area contributed by atoms with Crippen LogP contribution in [0.3, 0.4) is 0 Å². The maximum absolute atomic E-state index is 8.96. The maximum atomic E-state index is 8.96. The van der Waals surface area contributed by atoms with Crippen molar-refractivity contribution in [2.75, 3.05) is 26.2 Å². The van der Waals surface area contributed by atoms with Gasteiger partial charge in [0.15, 0.2) is 0 Å². The summed E-state index contributed by atoms with van der Waals surface area (Å²) in [7, 11) is 0. The summed E-state index contributed by atoms with van der Waals surface area (Å²) in [6.45, 7) is 5.41. The Balaban J connectivity index is 2.08. The van der Waals surface area contributed by atoms with Crippen LogP contribution in [0.25, 0.3) is 0 Å². The van der Waals surface area contributed by atoms with Crippen molar-refractivity contribution in [1.82, 2.24) is 15.1 Å². The number of β-amino-alcohol motifs (C(OH)–C–C–N with tert-alkyl or cyclic N) is 1. The fourth-order valence-electron chi connectivity index (χ4n) is 2.49. The normalized spacial score (nSPS) is 28.1. The summed E-state index contributed by atoms with van der Waals surface area (Å²) in [4.78, 5) is 2.32. The van der Waals surface area contributed by atoms with Crippen molar-refractivity contribution < 1.29 is 5.11 Å². The standard InChI is InChI=1S/C11H19N3O/c1-11(10-3-5-12-13-10)4-2-6-14(9-11)7-8-15/h3,5,15H,2,4,6-9H2,1H3,(H,12,13)/t11-/m0/s1. The lowest BCUT2D eigenvalue weighted by Gasteiger charge is -2.39. The molecule has 84 valence electrons. The number of aliphatic hydroxyl groups is 1. The third-order valence-electron chi connectivity index (χ3n) is 3.34. The highest BCUT2D eigenvalue weighted by atomic mass is 16.3. The molecule has 2 rings (SSSR count). The first kappa shape index (κ1) is 10.6. The van der Waals surface area contributed by atoms with Crippen molar-refractivity contribution in [3.05, 3.63) is 18.0 Å². The van der Waals surface area contributed by atoms with Crippen LogP contribution < -0.4 is 0 Å². The largest absolute Gasteiger partial charge is 0.395 e. The topological polar surface area (TPSA) is 52.2 Å². The lowest BCUT2D eigenvalue weighted by atomic mass is 9.79. The van der Waals surface area contributed by atoms with E-state index in [0.717, 1.165) is 19.6 Å². The van der Waals surface area contributed by atoms with Crippen LogP contribution in [-0.4, -0.2) is 46.4 Å². The van der Waals surface area contributed by atoms with Crippen LogP contribution in [0.15, 0.2) is 12.3 Å². The first-order valence-corrected chi connectivity index (χ1v) is 5.58. The second-order valence-corrected chi connectivity index (χ2v) is 4.63. The Morgan fingerprint density at radius 2 is 2.53 bits per heavy atom. The summed E-state index contributed by atoms with van der Waals surface area (Å²) in [6, 6.07) is 2.06. The third kappa shape index (κ3) is 2.21. The average molecular weight is 209 g/mol. The van der Waals surface area contributed by atoms with Gasteiger partial charge < -0.3 is 10.0 Å². The first-order chi connectivity index (χ1) is 7.24. The summed E-state index contributed by atoms with van der Waals surface area (Å²) in [5, 5.41) is 16.0. The van der Waals surface area contributed by atoms with Crippen molar-refractivity contribution in [1.29, 1.82) is 0 Å². The number of nitrogens with zero attached hydrogens (tertiary/aromatic N) is 2. The van der Waals surface area contributed by atoms with Gasteiger partial charge in [-0.2, -0.15) is 5.10 Å². The summed E-state index contributed by atoms with van der Waals surface area (Å²) in [5.41, 5.74) is 1.38. The number of piperidine rings is 1. The van der Waals surface area contributed by atoms with Gasteiger partial charge in [0, 0.05) is 30.4 Å². The van der Waals surface area contributed by atoms with E-state index in [0.29, 0.717) is 0 Å². The van der Waals surface area contributed by atoms with E-state index in [1.165, 1.54) is 18.5 Å². The van der Waals surface area contributed by atoms with Crippen molar-refractivity contribution in [3.8, 4) is 0 Å². The van der Waals surface area contributed by atoms with Gasteiger partial charge in [-0.15, -0.1) is 0 Å². The molecule has 0 unspecified atom stereocenters. The zero-order valence-electron chi connectivity index (χ0n) is 9.24. The molecule has 1 aromatic heterocycles. The highest BCUT2D eigenvalue weighted by Crippen LogP contribution is 2.31. The van der Waals surface area contributed by atoms with Gasteiger partial charge in [0.1, 0.15) is 0 Å². The van der Waals surface area contributed by atoms with Gasteiger partial charge in [0.05, 0.1) is 6.61 Å². The number of H-pyrrole nitrogens is 1. The van der Waals surface area contributed by atoms with Crippen molar-refractivity contribution in [2.45, 2.75) is 25.2 Å². The second-order valence-electron chi connectivity index (χ2n) is 4.63. The maximum Gasteiger partial charge on any atom is 0.0558 e. The van der Waals surface area contributed by atoms with Gasteiger partial charge in [-0.25, -0.2) is 0 Å². The number of rotatable bonds is 3. The molecule has 0 spiro atoms. The molecule has 1 fully saturated rings. The van der Waals surface area contributed by atoms with E-state index >= 15 is 0 Å². The molecule has 0 aromatic carbocycles. The molecular weight excluding hydrogens is 190 g/mol. The number of nitrogens with one attached hydrogen (secondary N) is 1. The minimum absolute atomic E-state index is 0.171. The minimum atomic E-state index is 0.171. The molecule has 4 nitrogen and oxygen atoms in total. The molecule has 0 saturated carbocycles. The Bertz CT molecular complexity index is 297. The number of aliphatic hydroxyl groups excluding tert-OH is 1. The van der Waals surface area contributed by atoms with E-state index < -0.39 is 0 Å². The van der Waals surface area contributed by atoms with Crippen LogP contribution in [0.2, 0.25) is 0 Å². The molecule has 1 aromatic rings. The molecule has 4 heteroatoms. The fraction of sp³-hybridized carbons (Fsp3) is 0.727. The van der Waals surface area contributed by atoms with Crippen LogP contribution in [0, 0.1) is 0 Å². The molecular formula is C11H19N3O. The number of aromatic nitrogens is 2. The Morgan fingerprint density at radius 3 is 3.20 bits per heavy atom. The predicted molar refractivity (Wildman–Crippen MR) is 58.7 cm³/mol. The number of likely N-dealkylation sites (tertiary alicyclic amines) is 1. The number of aromatic amines is 1. The molecule has 1 aliphatic heterocycles. The van der Waals surface area contributed by atoms with E-state index in [1.54, 1.807) is 0 Å². The van der Waals surface area contributed by atoms with Crippen LogP contribution in [0.4, 0.5) is 0 Å². The molecule has 1 saturated heterocycles. The quantitative estimate of drug-likeness (QED) is 0.772. The van der Waals surface area contributed by atoms with E-state index in [1.807, 2.05) is 6.20 Å². The minimum Gasteiger partial charge on any atom is -0.395 e. The molecule has 2 heterocycles. The van der Waals surface area contributed by atoms with Gasteiger partial charge in [-0.1, -0.05) is 6.92 Å². The molecule has 15 heavy (non-hydrogen) atoms.